The van der Waals surface area contributed by atoms with Crippen molar-refractivity contribution in [3.63, 3.8) is 0 Å². The molecule has 0 spiro atoms. The van der Waals surface area contributed by atoms with Gasteiger partial charge in [-0.2, -0.15) is 0 Å². The summed E-state index contributed by atoms with van der Waals surface area (Å²) in [5.41, 5.74) is 20.3. The molecule has 0 saturated heterocycles. The molecule has 512 valence electrons. The van der Waals surface area contributed by atoms with Gasteiger partial charge in [-0.3, -0.25) is 0 Å². The molecule has 0 radical (unpaired) electrons. The molecule has 104 heavy (non-hydrogen) atoms. The summed E-state index contributed by atoms with van der Waals surface area (Å²) in [6.07, 6.45) is 16.1. The molecule has 15 rings (SSSR count). The molecule has 2 N–H and O–H groups in total. The van der Waals surface area contributed by atoms with Gasteiger partial charge in [-0.05, 0) is 104 Å². The average Bonchev–Trinajstić information content (AvgIpc) is 0.844. The van der Waals surface area contributed by atoms with Crippen LogP contribution in [0.2, 0.25) is 0 Å². The molecule has 0 fully saturated rings. The molecular formula is C91H71BBr2Ir2N6O2. The van der Waals surface area contributed by atoms with Crippen LogP contribution in [0, 0.1) is 36.4 Å². The number of pyridine rings is 6. The Kier molecular flexibility index (Phi) is 36.4. The van der Waals surface area contributed by atoms with Gasteiger partial charge in [0, 0.05) is 37.2 Å². The maximum atomic E-state index is 8.72. The van der Waals surface area contributed by atoms with E-state index < -0.39 is 7.12 Å². The fraction of sp³-hybridized carbons (Fsp3) is 0.0110. The molecule has 0 aliphatic carbocycles. The maximum Gasteiger partial charge on any atom is 3.00 e. The van der Waals surface area contributed by atoms with Crippen LogP contribution in [-0.2, 0) is 40.2 Å². The van der Waals surface area contributed by atoms with E-state index in [1.807, 2.05) is 218 Å². The third-order valence-corrected chi connectivity index (χ3v) is 15.6. The summed E-state index contributed by atoms with van der Waals surface area (Å²) >= 11 is 6.82. The number of rotatable bonds is 12. The zero-order chi connectivity index (χ0) is 70.5. The third-order valence-electron chi connectivity index (χ3n) is 14.6. The second-order valence-corrected chi connectivity index (χ2v) is 23.4. The summed E-state index contributed by atoms with van der Waals surface area (Å²) in [5.74, 6) is 0. The van der Waals surface area contributed by atoms with Gasteiger partial charge in [0.25, 0.3) is 0 Å². The monoisotopic (exact) mass is 1830 g/mol. The molecule has 0 aliphatic heterocycles. The zero-order valence-electron chi connectivity index (χ0n) is 55.8. The number of hydrogen-bond donors (Lipinski definition) is 2. The standard InChI is InChI=1S/2C19H14N.2C11H7BrN.2C11H8N.C8H9BO2.CH4.2Ir/c2*1-2-15-9-11-16(12-10-15)17-6-5-7-18(14-17)19-8-3-4-13-20-19;2*12-10-5-3-4-9(8-10)11-6-1-2-7-13-11;2*1-2-6-10(7-3-1)11-8-4-5-9-12-11;1-2-7-3-5-8(6-4-7)9(10)11;;;/h2*2-6,8-14H,1H2;2*1-3,5-8H;2*1-6,8-9H;2-6,10-11H,1H2;1H4;;/q6*-1;;;2*+3. The first-order chi connectivity index (χ1) is 49.6. The Morgan fingerprint density at radius 1 is 0.279 bits per heavy atom. The normalized spacial score (nSPS) is 9.62. The van der Waals surface area contributed by atoms with Gasteiger partial charge >= 0.3 is 47.3 Å². The summed E-state index contributed by atoms with van der Waals surface area (Å²) in [6, 6.07) is 117. The van der Waals surface area contributed by atoms with Crippen molar-refractivity contribution in [2.45, 2.75) is 7.43 Å². The first-order valence-electron chi connectivity index (χ1n) is 32.0. The molecule has 15 aromatic rings. The van der Waals surface area contributed by atoms with Gasteiger partial charge < -0.3 is 40.0 Å². The van der Waals surface area contributed by atoms with E-state index in [9.17, 15) is 0 Å². The quantitative estimate of drug-likeness (QED) is 0.0917. The number of hydrogen-bond acceptors (Lipinski definition) is 8. The van der Waals surface area contributed by atoms with Crippen LogP contribution in [0.4, 0.5) is 0 Å². The van der Waals surface area contributed by atoms with Crippen molar-refractivity contribution in [3.05, 3.63) is 422 Å². The Bertz CT molecular complexity index is 4530. The number of benzene rings is 9. The van der Waals surface area contributed by atoms with Crippen LogP contribution in [0.15, 0.2) is 369 Å². The van der Waals surface area contributed by atoms with E-state index >= 15 is 0 Å². The minimum atomic E-state index is -1.38. The van der Waals surface area contributed by atoms with Crippen LogP contribution >= 0.6 is 31.9 Å². The number of nitrogens with zero attached hydrogens (tertiary/aromatic N) is 6. The Morgan fingerprint density at radius 3 is 0.788 bits per heavy atom. The van der Waals surface area contributed by atoms with Gasteiger partial charge in [0.05, 0.1) is 0 Å². The van der Waals surface area contributed by atoms with Crippen LogP contribution in [0.3, 0.4) is 0 Å². The van der Waals surface area contributed by atoms with E-state index in [4.69, 9.17) is 10.0 Å². The first-order valence-corrected chi connectivity index (χ1v) is 33.6. The average molecular weight is 1840 g/mol. The van der Waals surface area contributed by atoms with Crippen LogP contribution in [0.1, 0.15) is 24.1 Å². The molecule has 0 aliphatic rings. The van der Waals surface area contributed by atoms with Crippen molar-refractivity contribution >= 4 is 62.7 Å². The van der Waals surface area contributed by atoms with Gasteiger partial charge in [-0.1, -0.05) is 232 Å². The molecule has 8 nitrogen and oxygen atoms in total. The van der Waals surface area contributed by atoms with Crippen LogP contribution < -0.4 is 5.46 Å². The predicted octanol–water partition coefficient (Wildman–Crippen LogP) is 22.1. The van der Waals surface area contributed by atoms with Gasteiger partial charge in [-0.15, -0.1) is 202 Å². The van der Waals surface area contributed by atoms with E-state index in [0.29, 0.717) is 5.46 Å². The fourth-order valence-corrected chi connectivity index (χ4v) is 10.1. The largest absolute Gasteiger partial charge is 3.00 e. The van der Waals surface area contributed by atoms with Crippen molar-refractivity contribution in [2.75, 3.05) is 0 Å². The van der Waals surface area contributed by atoms with Crippen LogP contribution in [-0.4, -0.2) is 47.1 Å². The van der Waals surface area contributed by atoms with Crippen molar-refractivity contribution in [3.8, 4) is 89.8 Å². The van der Waals surface area contributed by atoms with Crippen molar-refractivity contribution in [1.29, 1.82) is 0 Å². The number of halogens is 2. The van der Waals surface area contributed by atoms with Gasteiger partial charge in [0.15, 0.2) is 0 Å². The second kappa shape index (κ2) is 46.1. The molecule has 0 unspecified atom stereocenters. The van der Waals surface area contributed by atoms with Crippen molar-refractivity contribution in [2.24, 2.45) is 0 Å². The predicted molar refractivity (Wildman–Crippen MR) is 431 cm³/mol. The van der Waals surface area contributed by atoms with E-state index in [1.165, 1.54) is 22.3 Å². The molecule has 0 amide bonds. The first kappa shape index (κ1) is 82.3. The molecule has 0 atom stereocenters. The summed E-state index contributed by atoms with van der Waals surface area (Å²) < 4.78 is 2.10. The zero-order valence-corrected chi connectivity index (χ0v) is 63.7. The summed E-state index contributed by atoms with van der Waals surface area (Å²) in [6.45, 7) is 11.1. The Morgan fingerprint density at radius 2 is 0.538 bits per heavy atom. The van der Waals surface area contributed by atoms with E-state index in [0.717, 1.165) is 93.2 Å². The molecule has 6 heterocycles. The van der Waals surface area contributed by atoms with Gasteiger partial charge in [0.2, 0.25) is 0 Å². The third kappa shape index (κ3) is 27.3. The van der Waals surface area contributed by atoms with Crippen LogP contribution in [0.5, 0.6) is 0 Å². The van der Waals surface area contributed by atoms with Gasteiger partial charge in [0.1, 0.15) is 0 Å². The molecular weight excluding hydrogens is 1760 g/mol. The molecule has 0 bridgehead atoms. The maximum absolute atomic E-state index is 8.72. The van der Waals surface area contributed by atoms with Gasteiger partial charge in [-0.25, -0.2) is 0 Å². The van der Waals surface area contributed by atoms with Crippen molar-refractivity contribution in [1.82, 2.24) is 29.9 Å². The topological polar surface area (TPSA) is 118 Å². The smallest absolute Gasteiger partial charge is 0.423 e. The Hall–Kier alpha value is -10.7. The fourth-order valence-electron chi connectivity index (χ4n) is 9.43. The minimum absolute atomic E-state index is 0. The molecule has 6 aromatic heterocycles. The van der Waals surface area contributed by atoms with E-state index in [-0.39, 0.29) is 47.6 Å². The molecule has 0 saturated carbocycles. The number of aromatic nitrogens is 6. The van der Waals surface area contributed by atoms with Crippen molar-refractivity contribution < 1.29 is 50.3 Å². The van der Waals surface area contributed by atoms with Crippen LogP contribution in [0.25, 0.3) is 108 Å². The summed E-state index contributed by atoms with van der Waals surface area (Å²) in [7, 11) is -1.38. The molecule has 9 aromatic carbocycles. The second-order valence-electron chi connectivity index (χ2n) is 21.6. The SMILES string of the molecule is Brc1cc[c-]c(-c2ccccn2)c1.Brc1cc[c-]c(-c2ccccn2)c1.C.C=Cc1ccc(-c2cc[c-]c(-c3ccccn3)c2)cc1.C=Cc1ccc(-c2cc[c-]c(-c3ccccn3)c2)cc1.C=Cc1ccc(B(O)O)cc1.[Ir+3].[Ir+3].[c-]1ccccc1-c1ccccn1.[c-]1ccccc1-c1ccccn1. The summed E-state index contributed by atoms with van der Waals surface area (Å²) in [4.78, 5) is 25.6. The van der Waals surface area contributed by atoms with E-state index in [2.05, 4.69) is 191 Å². The Labute approximate surface area is 656 Å². The Balaban J connectivity index is 0.000000192. The molecule has 13 heteroatoms. The minimum Gasteiger partial charge on any atom is -0.423 e. The van der Waals surface area contributed by atoms with E-state index in [1.54, 1.807) is 67.5 Å². The summed E-state index contributed by atoms with van der Waals surface area (Å²) in [5, 5.41) is 17.4.